The summed E-state index contributed by atoms with van der Waals surface area (Å²) >= 11 is 0. The second-order valence-corrected chi connectivity index (χ2v) is 4.95. The number of carbonyl (C=O) groups excluding carboxylic acids is 1. The van der Waals surface area contributed by atoms with E-state index < -0.39 is 5.60 Å². The molecule has 0 N–H and O–H groups in total. The van der Waals surface area contributed by atoms with Crippen LogP contribution in [0.15, 0.2) is 12.3 Å². The lowest BCUT2D eigenvalue weighted by molar-refractivity contribution is -0.157. The summed E-state index contributed by atoms with van der Waals surface area (Å²) < 4.78 is 10.4. The molecule has 0 aliphatic carbocycles. The Morgan fingerprint density at radius 2 is 2.12 bits per heavy atom. The first-order chi connectivity index (χ1) is 7.78. The number of ether oxygens (including phenoxy) is 2. The fraction of sp³-hybridized carbons (Fsp3) is 0.500. The van der Waals surface area contributed by atoms with Crippen LogP contribution in [0, 0.1) is 6.92 Å². The van der Waals surface area contributed by atoms with E-state index in [-0.39, 0.29) is 12.6 Å². The van der Waals surface area contributed by atoms with Gasteiger partial charge >= 0.3 is 5.97 Å². The van der Waals surface area contributed by atoms with Crippen molar-refractivity contribution in [3.05, 3.63) is 18.0 Å². The van der Waals surface area contributed by atoms with Gasteiger partial charge in [0.05, 0.1) is 6.20 Å². The molecule has 0 atom stereocenters. The molecular formula is C12H18BNO3. The third-order valence-electron chi connectivity index (χ3n) is 2.09. The maximum Gasteiger partial charge on any atom is 0.344 e. The van der Waals surface area contributed by atoms with E-state index in [4.69, 9.17) is 9.47 Å². The van der Waals surface area contributed by atoms with Crippen molar-refractivity contribution in [1.29, 1.82) is 0 Å². The van der Waals surface area contributed by atoms with E-state index in [2.05, 4.69) is 4.98 Å². The van der Waals surface area contributed by atoms with E-state index in [1.165, 1.54) is 0 Å². The van der Waals surface area contributed by atoms with Gasteiger partial charge in [-0.2, -0.15) is 0 Å². The highest BCUT2D eigenvalue weighted by molar-refractivity contribution is 6.33. The Morgan fingerprint density at radius 3 is 2.65 bits per heavy atom. The van der Waals surface area contributed by atoms with Crippen molar-refractivity contribution in [3.8, 4) is 5.75 Å². The molecule has 0 amide bonds. The molecule has 1 aromatic rings. The van der Waals surface area contributed by atoms with E-state index in [0.717, 1.165) is 11.2 Å². The summed E-state index contributed by atoms with van der Waals surface area (Å²) in [5.41, 5.74) is 1.50. The lowest BCUT2D eigenvalue weighted by atomic mass is 9.95. The van der Waals surface area contributed by atoms with Crippen LogP contribution in [-0.4, -0.2) is 31.0 Å². The van der Waals surface area contributed by atoms with Gasteiger partial charge in [0.15, 0.2) is 6.61 Å². The predicted octanol–water partition coefficient (Wildman–Crippen LogP) is 0.369. The predicted molar refractivity (Wildman–Crippen MR) is 68.5 cm³/mol. The average molecular weight is 235 g/mol. The topological polar surface area (TPSA) is 48.4 Å². The van der Waals surface area contributed by atoms with Gasteiger partial charge in [-0.15, -0.1) is 0 Å². The van der Waals surface area contributed by atoms with Crippen molar-refractivity contribution in [3.63, 3.8) is 0 Å². The first kappa shape index (κ1) is 13.5. The zero-order chi connectivity index (χ0) is 13.1. The standard InChI is InChI=1S/C12H18BNO3/c1-8-10(13)5-9(6-14-8)16-7-11(15)17-12(2,3)4/h5-6H,7,13H2,1-4H3. The number of aromatic nitrogens is 1. The molecule has 0 bridgehead atoms. The van der Waals surface area contributed by atoms with Gasteiger partial charge in [0, 0.05) is 5.69 Å². The Balaban J connectivity index is 2.50. The minimum atomic E-state index is -0.484. The van der Waals surface area contributed by atoms with E-state index in [0.29, 0.717) is 5.75 Å². The summed E-state index contributed by atoms with van der Waals surface area (Å²) in [6, 6.07) is 1.85. The summed E-state index contributed by atoms with van der Waals surface area (Å²) in [5, 5.41) is 0. The van der Waals surface area contributed by atoms with Gasteiger partial charge in [0.25, 0.3) is 0 Å². The fourth-order valence-electron chi connectivity index (χ4n) is 1.21. The molecule has 5 heteroatoms. The van der Waals surface area contributed by atoms with Crippen LogP contribution in [0.2, 0.25) is 0 Å². The number of rotatable bonds is 3. The highest BCUT2D eigenvalue weighted by atomic mass is 16.6. The number of hydrogen-bond donors (Lipinski definition) is 0. The molecule has 0 aromatic carbocycles. The van der Waals surface area contributed by atoms with Crippen LogP contribution in [0.3, 0.4) is 0 Å². The molecule has 0 unspecified atom stereocenters. The summed E-state index contributed by atoms with van der Waals surface area (Å²) in [6.07, 6.45) is 1.60. The van der Waals surface area contributed by atoms with E-state index >= 15 is 0 Å². The monoisotopic (exact) mass is 235 g/mol. The first-order valence-corrected chi connectivity index (χ1v) is 5.56. The van der Waals surface area contributed by atoms with Gasteiger partial charge in [-0.3, -0.25) is 4.98 Å². The molecule has 1 rings (SSSR count). The normalized spacial score (nSPS) is 11.1. The van der Waals surface area contributed by atoms with E-state index in [9.17, 15) is 4.79 Å². The van der Waals surface area contributed by atoms with Crippen molar-refractivity contribution < 1.29 is 14.3 Å². The zero-order valence-corrected chi connectivity index (χ0v) is 11.0. The number of nitrogens with zero attached hydrogens (tertiary/aromatic N) is 1. The number of hydrogen-bond acceptors (Lipinski definition) is 4. The van der Waals surface area contributed by atoms with Crippen molar-refractivity contribution >= 4 is 19.3 Å². The van der Waals surface area contributed by atoms with Crippen molar-refractivity contribution in [2.45, 2.75) is 33.3 Å². The Hall–Kier alpha value is -1.52. The maximum atomic E-state index is 11.4. The quantitative estimate of drug-likeness (QED) is 0.561. The molecule has 0 saturated carbocycles. The largest absolute Gasteiger partial charge is 0.480 e. The van der Waals surface area contributed by atoms with Gasteiger partial charge in [-0.25, -0.2) is 4.79 Å². The van der Waals surface area contributed by atoms with Crippen LogP contribution in [0.1, 0.15) is 26.5 Å². The molecule has 0 aliphatic rings. The Bertz CT molecular complexity index is 413. The number of carbonyl (C=O) groups is 1. The van der Waals surface area contributed by atoms with Gasteiger partial charge in [-0.1, -0.05) is 5.46 Å². The molecule has 0 fully saturated rings. The molecule has 17 heavy (non-hydrogen) atoms. The van der Waals surface area contributed by atoms with Crippen LogP contribution in [0.25, 0.3) is 0 Å². The van der Waals surface area contributed by atoms with Crippen LogP contribution in [0.4, 0.5) is 0 Å². The summed E-state index contributed by atoms with van der Waals surface area (Å²) in [4.78, 5) is 15.6. The molecule has 0 spiro atoms. The summed E-state index contributed by atoms with van der Waals surface area (Å²) in [7, 11) is 1.95. The Kier molecular flexibility index (Phi) is 4.15. The summed E-state index contributed by atoms with van der Waals surface area (Å²) in [6.45, 7) is 7.29. The molecule has 1 heterocycles. The smallest absolute Gasteiger partial charge is 0.344 e. The van der Waals surface area contributed by atoms with Crippen molar-refractivity contribution in [2.24, 2.45) is 0 Å². The van der Waals surface area contributed by atoms with Gasteiger partial charge < -0.3 is 9.47 Å². The molecule has 92 valence electrons. The molecule has 0 radical (unpaired) electrons. The fourth-order valence-corrected chi connectivity index (χ4v) is 1.21. The summed E-state index contributed by atoms with van der Waals surface area (Å²) in [5.74, 6) is 0.203. The number of esters is 1. The van der Waals surface area contributed by atoms with Gasteiger partial charge in [-0.05, 0) is 33.8 Å². The zero-order valence-electron chi connectivity index (χ0n) is 11.0. The molecule has 4 nitrogen and oxygen atoms in total. The second-order valence-electron chi connectivity index (χ2n) is 4.95. The SMILES string of the molecule is Bc1cc(OCC(=O)OC(C)(C)C)cnc1C. The van der Waals surface area contributed by atoms with Gasteiger partial charge in [0.1, 0.15) is 19.2 Å². The third kappa shape index (κ3) is 4.89. The molecular weight excluding hydrogens is 217 g/mol. The van der Waals surface area contributed by atoms with Crippen LogP contribution >= 0.6 is 0 Å². The van der Waals surface area contributed by atoms with Crippen LogP contribution < -0.4 is 10.2 Å². The lowest BCUT2D eigenvalue weighted by Gasteiger charge is -2.19. The molecule has 1 aromatic heterocycles. The molecule has 0 aliphatic heterocycles. The van der Waals surface area contributed by atoms with Crippen LogP contribution in [0.5, 0.6) is 5.75 Å². The van der Waals surface area contributed by atoms with Crippen molar-refractivity contribution in [2.75, 3.05) is 6.61 Å². The third-order valence-corrected chi connectivity index (χ3v) is 2.09. The van der Waals surface area contributed by atoms with E-state index in [1.54, 1.807) is 6.20 Å². The van der Waals surface area contributed by atoms with Crippen LogP contribution in [-0.2, 0) is 9.53 Å². The van der Waals surface area contributed by atoms with Crippen molar-refractivity contribution in [1.82, 2.24) is 4.98 Å². The lowest BCUT2D eigenvalue weighted by Crippen LogP contribution is -2.27. The average Bonchev–Trinajstić information content (AvgIpc) is 2.17. The second kappa shape index (κ2) is 5.21. The van der Waals surface area contributed by atoms with Gasteiger partial charge in [0.2, 0.25) is 0 Å². The van der Waals surface area contributed by atoms with E-state index in [1.807, 2.05) is 41.6 Å². The Morgan fingerprint density at radius 1 is 1.47 bits per heavy atom. The molecule has 0 saturated heterocycles. The highest BCUT2D eigenvalue weighted by Gasteiger charge is 2.16. The maximum absolute atomic E-state index is 11.4. The first-order valence-electron chi connectivity index (χ1n) is 5.56. The Labute approximate surface area is 103 Å². The number of pyridine rings is 1. The minimum absolute atomic E-state index is 0.0958. The highest BCUT2D eigenvalue weighted by Crippen LogP contribution is 2.09. The minimum Gasteiger partial charge on any atom is -0.480 e. The number of aryl methyl sites for hydroxylation is 1.